The Balaban J connectivity index is 1.87. The molecule has 3 aromatic rings. The lowest BCUT2D eigenvalue weighted by atomic mass is 10.1. The summed E-state index contributed by atoms with van der Waals surface area (Å²) in [5.41, 5.74) is 2.57. The van der Waals surface area contributed by atoms with Crippen LogP contribution in [0.2, 0.25) is 0 Å². The Labute approximate surface area is 115 Å². The Bertz CT molecular complexity index is 759. The number of nitrogens with zero attached hydrogens (tertiary/aromatic N) is 2. The van der Waals surface area contributed by atoms with E-state index in [0.29, 0.717) is 12.8 Å². The molecule has 0 saturated heterocycles. The summed E-state index contributed by atoms with van der Waals surface area (Å²) in [4.78, 5) is 18.9. The van der Waals surface area contributed by atoms with Gasteiger partial charge in [0, 0.05) is 48.9 Å². The number of Topliss-reactive ketones (excluding diaryl/α,β-unsaturated/α-hetero) is 1. The van der Waals surface area contributed by atoms with Crippen molar-refractivity contribution in [2.45, 2.75) is 12.8 Å². The monoisotopic (exact) mass is 271 g/mol. The zero-order valence-corrected chi connectivity index (χ0v) is 11.1. The molecular weight excluding hydrogens is 257 g/mol. The van der Waals surface area contributed by atoms with Gasteiger partial charge in [0.15, 0.2) is 0 Å². The van der Waals surface area contributed by atoms with E-state index in [9.17, 15) is 9.18 Å². The standard InChI is InChI=1S/C15H14FN3O/c1-19-8-10(14-5-11(16)2-3-15(14)19)4-13(20)6-12-7-17-9-18-12/h2-3,5,7-9H,4,6H2,1H3,(H,17,18). The number of H-pyrrole nitrogens is 1. The molecule has 0 radical (unpaired) electrons. The van der Waals surface area contributed by atoms with Gasteiger partial charge in [-0.3, -0.25) is 4.79 Å². The summed E-state index contributed by atoms with van der Waals surface area (Å²) >= 11 is 0. The van der Waals surface area contributed by atoms with Gasteiger partial charge in [-0.15, -0.1) is 0 Å². The van der Waals surface area contributed by atoms with Gasteiger partial charge in [0.05, 0.1) is 6.33 Å². The quantitative estimate of drug-likeness (QED) is 0.792. The molecule has 3 rings (SSSR count). The van der Waals surface area contributed by atoms with Gasteiger partial charge in [0.25, 0.3) is 0 Å². The molecule has 0 saturated carbocycles. The molecule has 0 unspecified atom stereocenters. The minimum atomic E-state index is -0.286. The lowest BCUT2D eigenvalue weighted by Crippen LogP contribution is -2.06. The second-order valence-electron chi connectivity index (χ2n) is 4.90. The average Bonchev–Trinajstić information content (AvgIpc) is 2.99. The van der Waals surface area contributed by atoms with Crippen LogP contribution < -0.4 is 0 Å². The Morgan fingerprint density at radius 1 is 1.40 bits per heavy atom. The van der Waals surface area contributed by atoms with Crippen LogP contribution in [0.25, 0.3) is 10.9 Å². The highest BCUT2D eigenvalue weighted by Gasteiger charge is 2.12. The normalized spacial score (nSPS) is 11.1. The largest absolute Gasteiger partial charge is 0.350 e. The number of ketones is 1. The second kappa shape index (κ2) is 4.92. The number of hydrogen-bond acceptors (Lipinski definition) is 2. The molecule has 0 aliphatic carbocycles. The Hall–Kier alpha value is -2.43. The van der Waals surface area contributed by atoms with Gasteiger partial charge in [0.2, 0.25) is 0 Å². The molecule has 1 aromatic carbocycles. The number of aromatic amines is 1. The van der Waals surface area contributed by atoms with E-state index in [4.69, 9.17) is 0 Å². The predicted octanol–water partition coefficient (Wildman–Crippen LogP) is 2.39. The Morgan fingerprint density at radius 2 is 2.25 bits per heavy atom. The number of halogens is 1. The fraction of sp³-hybridized carbons (Fsp3) is 0.200. The average molecular weight is 271 g/mol. The molecule has 102 valence electrons. The van der Waals surface area contributed by atoms with E-state index in [2.05, 4.69) is 9.97 Å². The minimum absolute atomic E-state index is 0.0750. The molecule has 2 heterocycles. The van der Waals surface area contributed by atoms with Crippen molar-refractivity contribution < 1.29 is 9.18 Å². The van der Waals surface area contributed by atoms with Crippen LogP contribution in [0.4, 0.5) is 4.39 Å². The van der Waals surface area contributed by atoms with Crippen molar-refractivity contribution >= 4 is 16.7 Å². The number of hydrogen-bond donors (Lipinski definition) is 1. The number of carbonyl (C=O) groups excluding carboxylic acids is 1. The third-order valence-corrected chi connectivity index (χ3v) is 3.36. The van der Waals surface area contributed by atoms with Gasteiger partial charge in [0.1, 0.15) is 11.6 Å². The maximum Gasteiger partial charge on any atom is 0.143 e. The van der Waals surface area contributed by atoms with Crippen molar-refractivity contribution in [2.75, 3.05) is 0 Å². The van der Waals surface area contributed by atoms with Crippen LogP contribution in [0, 0.1) is 5.82 Å². The van der Waals surface area contributed by atoms with Gasteiger partial charge >= 0.3 is 0 Å². The van der Waals surface area contributed by atoms with Crippen LogP contribution in [0.1, 0.15) is 11.3 Å². The second-order valence-corrected chi connectivity index (χ2v) is 4.90. The number of carbonyl (C=O) groups is 1. The van der Waals surface area contributed by atoms with Gasteiger partial charge in [-0.05, 0) is 23.8 Å². The number of nitrogens with one attached hydrogen (secondary N) is 1. The van der Waals surface area contributed by atoms with E-state index >= 15 is 0 Å². The van der Waals surface area contributed by atoms with E-state index < -0.39 is 0 Å². The smallest absolute Gasteiger partial charge is 0.143 e. The molecule has 2 aromatic heterocycles. The summed E-state index contributed by atoms with van der Waals surface area (Å²) in [6.07, 6.45) is 5.68. The molecule has 0 aliphatic heterocycles. The van der Waals surface area contributed by atoms with Crippen LogP contribution >= 0.6 is 0 Å². The fourth-order valence-corrected chi connectivity index (χ4v) is 2.46. The highest BCUT2D eigenvalue weighted by atomic mass is 19.1. The van der Waals surface area contributed by atoms with Crippen molar-refractivity contribution in [3.05, 3.63) is 54.0 Å². The van der Waals surface area contributed by atoms with Crippen molar-refractivity contribution in [2.24, 2.45) is 7.05 Å². The highest BCUT2D eigenvalue weighted by Crippen LogP contribution is 2.22. The highest BCUT2D eigenvalue weighted by molar-refractivity contribution is 5.90. The van der Waals surface area contributed by atoms with E-state index in [1.165, 1.54) is 12.1 Å². The van der Waals surface area contributed by atoms with Gasteiger partial charge in [-0.25, -0.2) is 9.37 Å². The third-order valence-electron chi connectivity index (χ3n) is 3.36. The van der Waals surface area contributed by atoms with Crippen molar-refractivity contribution in [3.8, 4) is 0 Å². The van der Waals surface area contributed by atoms with Crippen LogP contribution in [0.15, 0.2) is 36.9 Å². The topological polar surface area (TPSA) is 50.7 Å². The van der Waals surface area contributed by atoms with Gasteiger partial charge in [-0.1, -0.05) is 0 Å². The number of benzene rings is 1. The van der Waals surface area contributed by atoms with Crippen molar-refractivity contribution in [3.63, 3.8) is 0 Å². The summed E-state index contributed by atoms with van der Waals surface area (Å²) in [5.74, 6) is -0.211. The Morgan fingerprint density at radius 3 is 3.00 bits per heavy atom. The molecule has 0 aliphatic rings. The van der Waals surface area contributed by atoms with E-state index in [0.717, 1.165) is 22.2 Å². The molecule has 0 fully saturated rings. The molecule has 0 bridgehead atoms. The first kappa shape index (κ1) is 12.6. The lowest BCUT2D eigenvalue weighted by Gasteiger charge is -1.99. The van der Waals surface area contributed by atoms with E-state index in [1.807, 2.05) is 17.8 Å². The van der Waals surface area contributed by atoms with Crippen LogP contribution in [0.3, 0.4) is 0 Å². The predicted molar refractivity (Wildman–Crippen MR) is 73.9 cm³/mol. The first-order valence-electron chi connectivity index (χ1n) is 6.36. The molecule has 4 nitrogen and oxygen atoms in total. The lowest BCUT2D eigenvalue weighted by molar-refractivity contribution is -0.117. The van der Waals surface area contributed by atoms with Gasteiger partial charge < -0.3 is 9.55 Å². The Kier molecular flexibility index (Phi) is 3.10. The molecule has 5 heteroatoms. The summed E-state index contributed by atoms with van der Waals surface area (Å²) in [6, 6.07) is 4.64. The molecule has 1 N–H and O–H groups in total. The molecule has 0 atom stereocenters. The van der Waals surface area contributed by atoms with Crippen molar-refractivity contribution in [1.82, 2.24) is 14.5 Å². The summed E-state index contributed by atoms with van der Waals surface area (Å²) in [7, 11) is 1.89. The zero-order chi connectivity index (χ0) is 14.1. The first-order valence-corrected chi connectivity index (χ1v) is 6.36. The maximum atomic E-state index is 13.4. The third kappa shape index (κ3) is 2.34. The minimum Gasteiger partial charge on any atom is -0.350 e. The van der Waals surface area contributed by atoms with Crippen LogP contribution in [-0.2, 0) is 24.7 Å². The molecule has 0 amide bonds. The first-order chi connectivity index (χ1) is 9.63. The fourth-order valence-electron chi connectivity index (χ4n) is 2.46. The van der Waals surface area contributed by atoms with E-state index in [1.54, 1.807) is 18.6 Å². The SMILES string of the molecule is Cn1cc(CC(=O)Cc2cnc[nH]2)c2cc(F)ccc21. The van der Waals surface area contributed by atoms with E-state index in [-0.39, 0.29) is 11.6 Å². The van der Waals surface area contributed by atoms with Gasteiger partial charge in [-0.2, -0.15) is 0 Å². The molecule has 20 heavy (non-hydrogen) atoms. The molecular formula is C15H14FN3O. The molecule has 0 spiro atoms. The summed E-state index contributed by atoms with van der Waals surface area (Å²) < 4.78 is 15.3. The number of imidazole rings is 1. The number of fused-ring (bicyclic) bond motifs is 1. The maximum absolute atomic E-state index is 13.4. The zero-order valence-electron chi connectivity index (χ0n) is 11.1. The summed E-state index contributed by atoms with van der Waals surface area (Å²) in [6.45, 7) is 0. The van der Waals surface area contributed by atoms with Crippen LogP contribution in [0.5, 0.6) is 0 Å². The number of rotatable bonds is 4. The number of aryl methyl sites for hydroxylation is 1. The summed E-state index contributed by atoms with van der Waals surface area (Å²) in [5, 5.41) is 0.797. The number of aromatic nitrogens is 3. The van der Waals surface area contributed by atoms with Crippen molar-refractivity contribution in [1.29, 1.82) is 0 Å². The van der Waals surface area contributed by atoms with Crippen LogP contribution in [-0.4, -0.2) is 20.3 Å².